The van der Waals surface area contributed by atoms with E-state index in [2.05, 4.69) is 55.7 Å². The third-order valence-corrected chi connectivity index (χ3v) is 4.17. The summed E-state index contributed by atoms with van der Waals surface area (Å²) in [6.45, 7) is 6.96. The number of hydrogen-bond donors (Lipinski definition) is 2. The molecule has 1 saturated carbocycles. The van der Waals surface area contributed by atoms with Crippen molar-refractivity contribution in [1.82, 2.24) is 5.32 Å². The maximum Gasteiger partial charge on any atom is 0.239 e. The highest BCUT2D eigenvalue weighted by molar-refractivity contribution is 5.80. The van der Waals surface area contributed by atoms with Crippen LogP contribution in [0.2, 0.25) is 0 Å². The van der Waals surface area contributed by atoms with Gasteiger partial charge in [-0.15, -0.1) is 0 Å². The molecule has 0 saturated heterocycles. The molecule has 3 heteroatoms. The summed E-state index contributed by atoms with van der Waals surface area (Å²) in [7, 11) is 0. The van der Waals surface area contributed by atoms with Crippen LogP contribution in [0.5, 0.6) is 0 Å². The molecule has 0 spiro atoms. The van der Waals surface area contributed by atoms with E-state index in [4.69, 9.17) is 0 Å². The fraction of sp³-hybridized carbons (Fsp3) is 0.611. The van der Waals surface area contributed by atoms with Gasteiger partial charge in [-0.1, -0.05) is 52.2 Å². The molecule has 0 atom stereocenters. The lowest BCUT2D eigenvalue weighted by atomic mass is 9.87. The van der Waals surface area contributed by atoms with Crippen molar-refractivity contribution in [2.24, 2.45) is 0 Å². The van der Waals surface area contributed by atoms with Gasteiger partial charge in [0.15, 0.2) is 0 Å². The first-order valence-electron chi connectivity index (χ1n) is 8.09. The van der Waals surface area contributed by atoms with Crippen LogP contribution in [-0.4, -0.2) is 18.5 Å². The van der Waals surface area contributed by atoms with Crippen molar-refractivity contribution in [2.75, 3.05) is 11.9 Å². The van der Waals surface area contributed by atoms with Crippen molar-refractivity contribution >= 4 is 11.6 Å². The number of amides is 1. The Balaban J connectivity index is 1.78. The lowest BCUT2D eigenvalue weighted by Crippen LogP contribution is -2.39. The molecular formula is C18H28N2O. The van der Waals surface area contributed by atoms with E-state index in [0.717, 1.165) is 18.5 Å². The fourth-order valence-corrected chi connectivity index (χ4v) is 2.80. The quantitative estimate of drug-likeness (QED) is 0.883. The molecule has 0 unspecified atom stereocenters. The van der Waals surface area contributed by atoms with Crippen LogP contribution in [0.3, 0.4) is 0 Å². The van der Waals surface area contributed by atoms with Gasteiger partial charge in [0.25, 0.3) is 0 Å². The van der Waals surface area contributed by atoms with E-state index in [1.807, 2.05) is 0 Å². The molecule has 21 heavy (non-hydrogen) atoms. The molecule has 1 aromatic rings. The van der Waals surface area contributed by atoms with E-state index in [1.165, 1.54) is 24.8 Å². The molecule has 2 rings (SSSR count). The summed E-state index contributed by atoms with van der Waals surface area (Å²) < 4.78 is 0. The van der Waals surface area contributed by atoms with Gasteiger partial charge in [0, 0.05) is 11.7 Å². The van der Waals surface area contributed by atoms with Crippen LogP contribution in [0.25, 0.3) is 0 Å². The van der Waals surface area contributed by atoms with Gasteiger partial charge in [-0.25, -0.2) is 0 Å². The molecule has 1 aliphatic carbocycles. The number of nitrogens with one attached hydrogen (secondary N) is 2. The number of anilines is 1. The molecule has 0 aliphatic heterocycles. The Morgan fingerprint density at radius 3 is 2.29 bits per heavy atom. The summed E-state index contributed by atoms with van der Waals surface area (Å²) in [6, 6.07) is 8.74. The van der Waals surface area contributed by atoms with Crippen molar-refractivity contribution in [3.8, 4) is 0 Å². The van der Waals surface area contributed by atoms with Crippen LogP contribution in [-0.2, 0) is 10.2 Å². The van der Waals surface area contributed by atoms with Crippen molar-refractivity contribution < 1.29 is 4.79 Å². The summed E-state index contributed by atoms with van der Waals surface area (Å²) in [5.74, 6) is 0.0989. The number of rotatable bonds is 4. The average Bonchev–Trinajstić information content (AvgIpc) is 2.46. The van der Waals surface area contributed by atoms with Gasteiger partial charge >= 0.3 is 0 Å². The highest BCUT2D eigenvalue weighted by atomic mass is 16.1. The van der Waals surface area contributed by atoms with E-state index in [-0.39, 0.29) is 11.3 Å². The maximum atomic E-state index is 11.9. The normalized spacial score (nSPS) is 16.5. The van der Waals surface area contributed by atoms with E-state index in [1.54, 1.807) is 0 Å². The molecule has 1 amide bonds. The first kappa shape index (κ1) is 15.9. The molecule has 1 fully saturated rings. The van der Waals surface area contributed by atoms with Crippen LogP contribution in [0.4, 0.5) is 5.69 Å². The van der Waals surface area contributed by atoms with Crippen molar-refractivity contribution in [3.05, 3.63) is 29.8 Å². The van der Waals surface area contributed by atoms with Crippen LogP contribution >= 0.6 is 0 Å². The first-order valence-corrected chi connectivity index (χ1v) is 8.09. The summed E-state index contributed by atoms with van der Waals surface area (Å²) in [4.78, 5) is 11.9. The predicted octanol–water partition coefficient (Wildman–Crippen LogP) is 3.84. The molecule has 116 valence electrons. The summed E-state index contributed by atoms with van der Waals surface area (Å²) in [5.41, 5.74) is 2.47. The van der Waals surface area contributed by atoms with Crippen molar-refractivity contribution in [3.63, 3.8) is 0 Å². The SMILES string of the molecule is CC(C)(C)c1ccc(NCC(=O)NC2CCCCC2)cc1. The number of hydrogen-bond acceptors (Lipinski definition) is 2. The zero-order valence-corrected chi connectivity index (χ0v) is 13.5. The molecule has 0 heterocycles. The number of benzene rings is 1. The van der Waals surface area contributed by atoms with E-state index >= 15 is 0 Å². The maximum absolute atomic E-state index is 11.9. The Hall–Kier alpha value is -1.51. The molecule has 1 aliphatic rings. The Morgan fingerprint density at radius 1 is 1.10 bits per heavy atom. The zero-order chi connectivity index (χ0) is 15.3. The number of carbonyl (C=O) groups is 1. The molecule has 1 aromatic carbocycles. The fourth-order valence-electron chi connectivity index (χ4n) is 2.80. The molecule has 0 bridgehead atoms. The second-order valence-corrected chi connectivity index (χ2v) is 7.08. The lowest BCUT2D eigenvalue weighted by Gasteiger charge is -2.23. The predicted molar refractivity (Wildman–Crippen MR) is 88.6 cm³/mol. The van der Waals surface area contributed by atoms with Gasteiger partial charge in [-0.3, -0.25) is 4.79 Å². The molecule has 0 radical (unpaired) electrons. The topological polar surface area (TPSA) is 41.1 Å². The van der Waals surface area contributed by atoms with E-state index in [0.29, 0.717) is 12.6 Å². The molecule has 2 N–H and O–H groups in total. The van der Waals surface area contributed by atoms with Crippen LogP contribution in [0.15, 0.2) is 24.3 Å². The Morgan fingerprint density at radius 2 is 1.71 bits per heavy atom. The minimum atomic E-state index is 0.0989. The molecule has 0 aromatic heterocycles. The minimum absolute atomic E-state index is 0.0989. The third kappa shape index (κ3) is 5.07. The largest absolute Gasteiger partial charge is 0.376 e. The van der Waals surface area contributed by atoms with E-state index in [9.17, 15) is 4.79 Å². The average molecular weight is 288 g/mol. The molecule has 3 nitrogen and oxygen atoms in total. The van der Waals surface area contributed by atoms with Crippen molar-refractivity contribution in [2.45, 2.75) is 64.3 Å². The highest BCUT2D eigenvalue weighted by Crippen LogP contribution is 2.23. The van der Waals surface area contributed by atoms with Crippen LogP contribution in [0, 0.1) is 0 Å². The zero-order valence-electron chi connectivity index (χ0n) is 13.5. The van der Waals surface area contributed by atoms with Crippen LogP contribution < -0.4 is 10.6 Å². The molecular weight excluding hydrogens is 260 g/mol. The smallest absolute Gasteiger partial charge is 0.239 e. The minimum Gasteiger partial charge on any atom is -0.376 e. The lowest BCUT2D eigenvalue weighted by molar-refractivity contribution is -0.120. The second-order valence-electron chi connectivity index (χ2n) is 7.08. The van der Waals surface area contributed by atoms with Gasteiger partial charge in [-0.2, -0.15) is 0 Å². The van der Waals surface area contributed by atoms with E-state index < -0.39 is 0 Å². The highest BCUT2D eigenvalue weighted by Gasteiger charge is 2.15. The third-order valence-electron chi connectivity index (χ3n) is 4.17. The second kappa shape index (κ2) is 6.97. The summed E-state index contributed by atoms with van der Waals surface area (Å²) >= 11 is 0. The van der Waals surface area contributed by atoms with Gasteiger partial charge in [0.2, 0.25) is 5.91 Å². The van der Waals surface area contributed by atoms with Gasteiger partial charge in [0.05, 0.1) is 6.54 Å². The number of carbonyl (C=O) groups excluding carboxylic acids is 1. The van der Waals surface area contributed by atoms with Gasteiger partial charge in [0.1, 0.15) is 0 Å². The monoisotopic (exact) mass is 288 g/mol. The summed E-state index contributed by atoms with van der Waals surface area (Å²) in [5, 5.41) is 6.32. The Kier molecular flexibility index (Phi) is 5.27. The Labute approximate surface area is 128 Å². The van der Waals surface area contributed by atoms with Gasteiger partial charge in [-0.05, 0) is 36.0 Å². The first-order chi connectivity index (χ1) is 9.95. The Bertz CT molecular complexity index is 453. The van der Waals surface area contributed by atoms with Crippen molar-refractivity contribution in [1.29, 1.82) is 0 Å². The van der Waals surface area contributed by atoms with Gasteiger partial charge < -0.3 is 10.6 Å². The standard InChI is InChI=1S/C18H28N2O/c1-18(2,3)14-9-11-15(12-10-14)19-13-17(21)20-16-7-5-4-6-8-16/h9-12,16,19H,4-8,13H2,1-3H3,(H,20,21). The van der Waals surface area contributed by atoms with Crippen LogP contribution in [0.1, 0.15) is 58.4 Å². The summed E-state index contributed by atoms with van der Waals surface area (Å²) in [6.07, 6.45) is 6.06.